The molecule has 10 heteroatoms. The lowest BCUT2D eigenvalue weighted by Gasteiger charge is -2.06. The Morgan fingerprint density at radius 3 is 2.41 bits per heavy atom. The van der Waals surface area contributed by atoms with Crippen molar-refractivity contribution in [3.63, 3.8) is 0 Å². The molecule has 1 heterocycles. The van der Waals surface area contributed by atoms with Crippen molar-refractivity contribution in [2.75, 3.05) is 5.32 Å². The fourth-order valence-electron chi connectivity index (χ4n) is 2.33. The van der Waals surface area contributed by atoms with E-state index in [0.29, 0.717) is 17.2 Å². The van der Waals surface area contributed by atoms with E-state index in [4.69, 9.17) is 21.7 Å². The number of hydrogen-bond donors (Lipinski definition) is 3. The van der Waals surface area contributed by atoms with E-state index in [1.54, 1.807) is 24.3 Å². The van der Waals surface area contributed by atoms with Crippen LogP contribution in [0.2, 0.25) is 0 Å². The molecule has 0 saturated carbocycles. The molecule has 0 spiro atoms. The Labute approximate surface area is 169 Å². The molecule has 0 saturated heterocycles. The van der Waals surface area contributed by atoms with E-state index in [0.717, 1.165) is 5.56 Å². The molecule has 0 bridgehead atoms. The number of aromatic carboxylic acids is 1. The fraction of sp³-hybridized carbons (Fsp3) is 0. The molecule has 3 rings (SSSR count). The Balaban J connectivity index is 1.56. The zero-order valence-corrected chi connectivity index (χ0v) is 15.6. The van der Waals surface area contributed by atoms with Gasteiger partial charge < -0.3 is 14.8 Å². The van der Waals surface area contributed by atoms with Gasteiger partial charge >= 0.3 is 5.97 Å². The van der Waals surface area contributed by atoms with Gasteiger partial charge in [-0.1, -0.05) is 12.1 Å². The van der Waals surface area contributed by atoms with E-state index in [1.807, 2.05) is 0 Å². The topological polar surface area (TPSA) is 130 Å². The first kappa shape index (κ1) is 19.7. The summed E-state index contributed by atoms with van der Waals surface area (Å²) < 4.78 is 5.64. The SMILES string of the molecule is O=C(O)c1ccc(-c2ccc(C=NNC(=S)Nc3ccc([N+](=O)[O-])cc3)o2)cc1. The number of nitrogens with zero attached hydrogens (tertiary/aromatic N) is 2. The van der Waals surface area contributed by atoms with Crippen molar-refractivity contribution in [3.8, 4) is 11.3 Å². The second kappa shape index (κ2) is 8.76. The van der Waals surface area contributed by atoms with Gasteiger partial charge in [0.25, 0.3) is 5.69 Å². The molecule has 2 aromatic carbocycles. The van der Waals surface area contributed by atoms with Crippen LogP contribution in [-0.4, -0.2) is 27.3 Å². The number of carbonyl (C=O) groups is 1. The second-order valence-corrected chi connectivity index (χ2v) is 6.12. The molecule has 0 aliphatic heterocycles. The molecule has 0 unspecified atom stereocenters. The molecule has 0 aliphatic carbocycles. The first-order chi connectivity index (χ1) is 13.9. The number of nitro groups is 1. The number of carboxylic acids is 1. The fourth-order valence-corrected chi connectivity index (χ4v) is 2.51. The van der Waals surface area contributed by atoms with E-state index in [9.17, 15) is 14.9 Å². The van der Waals surface area contributed by atoms with Crippen LogP contribution in [0.25, 0.3) is 11.3 Å². The molecule has 0 atom stereocenters. The minimum atomic E-state index is -0.992. The van der Waals surface area contributed by atoms with Crippen molar-refractivity contribution in [3.05, 3.63) is 82.1 Å². The zero-order chi connectivity index (χ0) is 20.8. The third kappa shape index (κ3) is 5.23. The van der Waals surface area contributed by atoms with E-state index in [-0.39, 0.29) is 16.4 Å². The maximum absolute atomic E-state index is 10.9. The predicted octanol–water partition coefficient (Wildman–Crippen LogP) is 3.87. The molecule has 0 amide bonds. The highest BCUT2D eigenvalue weighted by atomic mass is 32.1. The molecule has 0 fully saturated rings. The number of anilines is 1. The number of thiocarbonyl (C=S) groups is 1. The van der Waals surface area contributed by atoms with Crippen molar-refractivity contribution in [1.29, 1.82) is 0 Å². The van der Waals surface area contributed by atoms with Crippen LogP contribution in [0, 0.1) is 10.1 Å². The molecule has 29 heavy (non-hydrogen) atoms. The molecule has 0 radical (unpaired) electrons. The molecule has 9 nitrogen and oxygen atoms in total. The van der Waals surface area contributed by atoms with Crippen molar-refractivity contribution in [2.24, 2.45) is 5.10 Å². The lowest BCUT2D eigenvalue weighted by molar-refractivity contribution is -0.384. The lowest BCUT2D eigenvalue weighted by Crippen LogP contribution is -2.23. The summed E-state index contributed by atoms with van der Waals surface area (Å²) in [7, 11) is 0. The van der Waals surface area contributed by atoms with Crippen LogP contribution >= 0.6 is 12.2 Å². The van der Waals surface area contributed by atoms with Crippen molar-refractivity contribution >= 4 is 40.9 Å². The number of hydrazone groups is 1. The number of rotatable bonds is 6. The highest BCUT2D eigenvalue weighted by Crippen LogP contribution is 2.22. The van der Waals surface area contributed by atoms with Gasteiger partial charge in [-0.05, 0) is 48.6 Å². The summed E-state index contributed by atoms with van der Waals surface area (Å²) in [6.07, 6.45) is 1.43. The average Bonchev–Trinajstić information content (AvgIpc) is 3.17. The van der Waals surface area contributed by atoms with Gasteiger partial charge in [-0.25, -0.2) is 4.79 Å². The zero-order valence-electron chi connectivity index (χ0n) is 14.7. The molecule has 0 aliphatic rings. The van der Waals surface area contributed by atoms with Crippen molar-refractivity contribution in [2.45, 2.75) is 0 Å². The third-order valence-electron chi connectivity index (χ3n) is 3.74. The smallest absolute Gasteiger partial charge is 0.335 e. The Morgan fingerprint density at radius 1 is 1.10 bits per heavy atom. The number of benzene rings is 2. The van der Waals surface area contributed by atoms with E-state index in [2.05, 4.69) is 15.8 Å². The van der Waals surface area contributed by atoms with Crippen LogP contribution in [0.4, 0.5) is 11.4 Å². The maximum atomic E-state index is 10.9. The third-order valence-corrected chi connectivity index (χ3v) is 3.93. The Bertz CT molecular complexity index is 1070. The average molecular weight is 410 g/mol. The highest BCUT2D eigenvalue weighted by molar-refractivity contribution is 7.80. The number of carboxylic acid groups (broad SMARTS) is 1. The summed E-state index contributed by atoms with van der Waals surface area (Å²) in [5, 5.41) is 26.6. The number of nitrogens with one attached hydrogen (secondary N) is 2. The molecule has 1 aromatic heterocycles. The summed E-state index contributed by atoms with van der Waals surface area (Å²) >= 11 is 5.10. The second-order valence-electron chi connectivity index (χ2n) is 5.71. The number of furan rings is 1. The van der Waals surface area contributed by atoms with Crippen LogP contribution in [0.15, 0.2) is 70.2 Å². The highest BCUT2D eigenvalue weighted by Gasteiger charge is 2.07. The van der Waals surface area contributed by atoms with E-state index >= 15 is 0 Å². The minimum Gasteiger partial charge on any atom is -0.478 e. The van der Waals surface area contributed by atoms with Gasteiger partial charge in [-0.2, -0.15) is 5.10 Å². The number of non-ortho nitro benzene ring substituents is 1. The lowest BCUT2D eigenvalue weighted by atomic mass is 10.1. The minimum absolute atomic E-state index is 0.0151. The maximum Gasteiger partial charge on any atom is 0.335 e. The largest absolute Gasteiger partial charge is 0.478 e. The van der Waals surface area contributed by atoms with Gasteiger partial charge in [0.15, 0.2) is 5.11 Å². The van der Waals surface area contributed by atoms with Gasteiger partial charge in [0.05, 0.1) is 16.7 Å². The standard InChI is InChI=1S/C19H14N4O5S/c24-18(25)13-3-1-12(2-4-13)17-10-9-16(28-17)11-20-22-19(29)21-14-5-7-15(8-6-14)23(26)27/h1-11H,(H,24,25)(H2,21,22,29). The molecular weight excluding hydrogens is 396 g/mol. The summed E-state index contributed by atoms with van der Waals surface area (Å²) in [5.41, 5.74) is 4.11. The summed E-state index contributed by atoms with van der Waals surface area (Å²) in [6.45, 7) is 0. The van der Waals surface area contributed by atoms with Crippen LogP contribution in [-0.2, 0) is 0 Å². The monoisotopic (exact) mass is 410 g/mol. The summed E-state index contributed by atoms with van der Waals surface area (Å²) in [4.78, 5) is 21.0. The van der Waals surface area contributed by atoms with Crippen LogP contribution in [0.3, 0.4) is 0 Å². The Hall–Kier alpha value is -4.05. The van der Waals surface area contributed by atoms with Gasteiger partial charge in [0.1, 0.15) is 11.5 Å². The quantitative estimate of drug-likeness (QED) is 0.242. The summed E-state index contributed by atoms with van der Waals surface area (Å²) in [5.74, 6) is 0.0381. The molecule has 3 N–H and O–H groups in total. The first-order valence-electron chi connectivity index (χ1n) is 8.20. The van der Waals surface area contributed by atoms with Crippen LogP contribution in [0.5, 0.6) is 0 Å². The normalized spacial score (nSPS) is 10.6. The van der Waals surface area contributed by atoms with Crippen molar-refractivity contribution < 1.29 is 19.2 Å². The van der Waals surface area contributed by atoms with E-state index in [1.165, 1.54) is 42.6 Å². The molecule has 146 valence electrons. The Kier molecular flexibility index (Phi) is 5.95. The Morgan fingerprint density at radius 2 is 1.79 bits per heavy atom. The predicted molar refractivity (Wildman–Crippen MR) is 111 cm³/mol. The van der Waals surface area contributed by atoms with Crippen molar-refractivity contribution in [1.82, 2.24) is 5.43 Å². The summed E-state index contributed by atoms with van der Waals surface area (Å²) in [6, 6.07) is 15.5. The molecule has 3 aromatic rings. The van der Waals surface area contributed by atoms with Crippen LogP contribution in [0.1, 0.15) is 16.1 Å². The van der Waals surface area contributed by atoms with Gasteiger partial charge in [0.2, 0.25) is 0 Å². The number of nitro benzene ring substituents is 1. The van der Waals surface area contributed by atoms with Gasteiger partial charge in [-0.3, -0.25) is 15.5 Å². The van der Waals surface area contributed by atoms with Gasteiger partial charge in [0, 0.05) is 23.4 Å². The van der Waals surface area contributed by atoms with Gasteiger partial charge in [-0.15, -0.1) is 0 Å². The number of hydrogen-bond acceptors (Lipinski definition) is 6. The molecular formula is C19H14N4O5S. The van der Waals surface area contributed by atoms with Crippen LogP contribution < -0.4 is 10.7 Å². The first-order valence-corrected chi connectivity index (χ1v) is 8.61. The van der Waals surface area contributed by atoms with E-state index < -0.39 is 10.9 Å².